The van der Waals surface area contributed by atoms with Crippen LogP contribution in [0.2, 0.25) is 0 Å². The first-order chi connectivity index (χ1) is 10.5. The smallest absolute Gasteiger partial charge is 0.251 e. The van der Waals surface area contributed by atoms with E-state index in [0.29, 0.717) is 5.69 Å². The summed E-state index contributed by atoms with van der Waals surface area (Å²) in [5.41, 5.74) is 11.9. The molecule has 0 saturated carbocycles. The van der Waals surface area contributed by atoms with E-state index >= 15 is 0 Å². The van der Waals surface area contributed by atoms with Crippen molar-refractivity contribution in [1.29, 1.82) is 0 Å². The highest BCUT2D eigenvalue weighted by Gasteiger charge is 2.43. The summed E-state index contributed by atoms with van der Waals surface area (Å²) in [6.45, 7) is -0.349. The van der Waals surface area contributed by atoms with Gasteiger partial charge >= 0.3 is 0 Å². The Kier molecular flexibility index (Phi) is 3.45. The van der Waals surface area contributed by atoms with Crippen LogP contribution in [0.3, 0.4) is 0 Å². The zero-order valence-corrected chi connectivity index (χ0v) is 11.4. The van der Waals surface area contributed by atoms with E-state index in [0.717, 1.165) is 0 Å². The lowest BCUT2D eigenvalue weighted by Crippen LogP contribution is -2.35. The molecule has 2 aromatic heterocycles. The lowest BCUT2D eigenvalue weighted by atomic mass is 10.1. The van der Waals surface area contributed by atoms with Crippen molar-refractivity contribution in [3.8, 4) is 0 Å². The zero-order valence-electron chi connectivity index (χ0n) is 11.4. The standard InChI is InChI=1S/C12H16N6O4/c13-11-8-4(12(14)22)1-6(18(8)16-3-15-11)7-10(21)9(20)5(2-19)17-7/h1,3,5,7,9-10,17,19-21H,2H2,(H2,14,22)(H2,13,15,16)/t5-,7+,9-,10+/m1/s1. The number of anilines is 1. The summed E-state index contributed by atoms with van der Waals surface area (Å²) in [7, 11) is 0. The van der Waals surface area contributed by atoms with Gasteiger partial charge in [-0.3, -0.25) is 10.1 Å². The third-order valence-electron chi connectivity index (χ3n) is 3.89. The van der Waals surface area contributed by atoms with Crippen LogP contribution in [0.15, 0.2) is 12.4 Å². The van der Waals surface area contributed by atoms with E-state index < -0.39 is 30.2 Å². The summed E-state index contributed by atoms with van der Waals surface area (Å²) in [4.78, 5) is 15.4. The third kappa shape index (κ3) is 2.01. The number of aromatic nitrogens is 3. The molecule has 0 spiro atoms. The van der Waals surface area contributed by atoms with Crippen LogP contribution >= 0.6 is 0 Å². The van der Waals surface area contributed by atoms with Crippen LogP contribution in [-0.2, 0) is 0 Å². The molecule has 0 aromatic carbocycles. The molecule has 3 rings (SSSR count). The van der Waals surface area contributed by atoms with E-state index in [9.17, 15) is 20.1 Å². The van der Waals surface area contributed by atoms with Gasteiger partial charge in [0.1, 0.15) is 17.9 Å². The number of hydrogen-bond acceptors (Lipinski definition) is 8. The molecule has 1 aliphatic rings. The van der Waals surface area contributed by atoms with Gasteiger partial charge < -0.3 is 26.8 Å². The van der Waals surface area contributed by atoms with Gasteiger partial charge in [0, 0.05) is 0 Å². The monoisotopic (exact) mass is 308 g/mol. The van der Waals surface area contributed by atoms with Crippen molar-refractivity contribution in [1.82, 2.24) is 19.9 Å². The van der Waals surface area contributed by atoms with Crippen LogP contribution in [0.1, 0.15) is 22.1 Å². The minimum absolute atomic E-state index is 0.0711. The predicted molar refractivity (Wildman–Crippen MR) is 74.7 cm³/mol. The van der Waals surface area contributed by atoms with Crippen LogP contribution in [0.4, 0.5) is 5.82 Å². The number of aliphatic hydroxyl groups excluding tert-OH is 3. The third-order valence-corrected chi connectivity index (χ3v) is 3.89. The van der Waals surface area contributed by atoms with E-state index in [-0.39, 0.29) is 23.5 Å². The Morgan fingerprint density at radius 2 is 2.14 bits per heavy atom. The summed E-state index contributed by atoms with van der Waals surface area (Å²) >= 11 is 0. The van der Waals surface area contributed by atoms with E-state index in [1.807, 2.05) is 0 Å². The molecule has 1 saturated heterocycles. The summed E-state index contributed by atoms with van der Waals surface area (Å²) in [5, 5.41) is 36.2. The Morgan fingerprint density at radius 1 is 1.41 bits per heavy atom. The van der Waals surface area contributed by atoms with Crippen molar-refractivity contribution in [2.24, 2.45) is 5.73 Å². The predicted octanol–water partition coefficient (Wildman–Crippen LogP) is -2.86. The summed E-state index contributed by atoms with van der Waals surface area (Å²) in [6, 6.07) is -0.000371. The second kappa shape index (κ2) is 5.18. The molecule has 0 radical (unpaired) electrons. The highest BCUT2D eigenvalue weighted by Crippen LogP contribution is 2.31. The molecule has 4 atom stereocenters. The molecule has 10 heteroatoms. The zero-order chi connectivity index (χ0) is 16.0. The Bertz CT molecular complexity index is 732. The molecular formula is C12H16N6O4. The number of nitrogens with zero attached hydrogens (tertiary/aromatic N) is 3. The molecule has 1 amide bonds. The second-order valence-electron chi connectivity index (χ2n) is 5.17. The summed E-state index contributed by atoms with van der Waals surface area (Å²) < 4.78 is 1.34. The van der Waals surface area contributed by atoms with Crippen molar-refractivity contribution in [3.05, 3.63) is 23.7 Å². The number of fused-ring (bicyclic) bond motifs is 1. The molecule has 0 aliphatic carbocycles. The average Bonchev–Trinajstić information content (AvgIpc) is 3.00. The van der Waals surface area contributed by atoms with Gasteiger partial charge in [0.15, 0.2) is 5.82 Å². The molecule has 1 aliphatic heterocycles. The molecule has 0 bridgehead atoms. The lowest BCUT2D eigenvalue weighted by Gasteiger charge is -2.15. The average molecular weight is 308 g/mol. The molecule has 1 fully saturated rings. The fourth-order valence-corrected chi connectivity index (χ4v) is 2.79. The molecular weight excluding hydrogens is 292 g/mol. The molecule has 8 N–H and O–H groups in total. The van der Waals surface area contributed by atoms with Gasteiger partial charge in [-0.25, -0.2) is 9.50 Å². The number of primary amides is 1. The minimum Gasteiger partial charge on any atom is -0.395 e. The number of amides is 1. The molecule has 3 heterocycles. The van der Waals surface area contributed by atoms with Crippen molar-refractivity contribution in [2.45, 2.75) is 24.3 Å². The van der Waals surface area contributed by atoms with E-state index in [1.165, 1.54) is 16.9 Å². The number of nitrogen functional groups attached to an aromatic ring is 1. The number of hydrogen-bond donors (Lipinski definition) is 6. The Balaban J connectivity index is 2.16. The maximum Gasteiger partial charge on any atom is 0.251 e. The fraction of sp³-hybridized carbons (Fsp3) is 0.417. The van der Waals surface area contributed by atoms with Gasteiger partial charge in [0.2, 0.25) is 0 Å². The van der Waals surface area contributed by atoms with Gasteiger partial charge in [0.05, 0.1) is 36.1 Å². The Labute approximate surface area is 124 Å². The van der Waals surface area contributed by atoms with Crippen LogP contribution in [0.5, 0.6) is 0 Å². The first kappa shape index (κ1) is 14.7. The number of rotatable bonds is 3. The van der Waals surface area contributed by atoms with Gasteiger partial charge in [-0.05, 0) is 6.07 Å². The Morgan fingerprint density at radius 3 is 2.73 bits per heavy atom. The number of nitrogens with one attached hydrogen (secondary N) is 1. The SMILES string of the molecule is NC(=O)c1cc([C@@H]2N[C@H](CO)[C@@H](O)[C@H]2O)n2ncnc(N)c12. The first-order valence-electron chi connectivity index (χ1n) is 6.60. The summed E-state index contributed by atoms with van der Waals surface area (Å²) in [6.07, 6.45) is -1.14. The van der Waals surface area contributed by atoms with Crippen LogP contribution in [0.25, 0.3) is 5.52 Å². The Hall–Kier alpha value is -2.27. The number of carbonyl (C=O) groups excluding carboxylic acids is 1. The maximum absolute atomic E-state index is 11.6. The van der Waals surface area contributed by atoms with E-state index in [2.05, 4.69) is 15.4 Å². The van der Waals surface area contributed by atoms with Gasteiger partial charge in [0.25, 0.3) is 5.91 Å². The largest absolute Gasteiger partial charge is 0.395 e. The number of aliphatic hydroxyl groups is 3. The number of nitrogens with two attached hydrogens (primary N) is 2. The molecule has 22 heavy (non-hydrogen) atoms. The second-order valence-corrected chi connectivity index (χ2v) is 5.17. The van der Waals surface area contributed by atoms with Crippen molar-refractivity contribution in [2.75, 3.05) is 12.3 Å². The molecule has 10 nitrogen and oxygen atoms in total. The van der Waals surface area contributed by atoms with E-state index in [1.54, 1.807) is 0 Å². The van der Waals surface area contributed by atoms with E-state index in [4.69, 9.17) is 11.5 Å². The topological polar surface area (TPSA) is 172 Å². The molecule has 118 valence electrons. The highest BCUT2D eigenvalue weighted by atomic mass is 16.3. The first-order valence-corrected chi connectivity index (χ1v) is 6.60. The minimum atomic E-state index is -1.19. The van der Waals surface area contributed by atoms with Crippen LogP contribution in [0, 0.1) is 0 Å². The number of carbonyl (C=O) groups is 1. The maximum atomic E-state index is 11.6. The van der Waals surface area contributed by atoms with Gasteiger partial charge in [-0.15, -0.1) is 0 Å². The van der Waals surface area contributed by atoms with Crippen LogP contribution in [-0.4, -0.2) is 60.7 Å². The fourth-order valence-electron chi connectivity index (χ4n) is 2.79. The highest BCUT2D eigenvalue weighted by molar-refractivity contribution is 6.02. The molecule has 2 aromatic rings. The lowest BCUT2D eigenvalue weighted by molar-refractivity contribution is 0.0189. The molecule has 0 unspecified atom stereocenters. The van der Waals surface area contributed by atoms with Crippen molar-refractivity contribution >= 4 is 17.2 Å². The van der Waals surface area contributed by atoms with Crippen molar-refractivity contribution in [3.63, 3.8) is 0 Å². The van der Waals surface area contributed by atoms with Crippen molar-refractivity contribution < 1.29 is 20.1 Å². The normalized spacial score (nSPS) is 28.3. The van der Waals surface area contributed by atoms with Gasteiger partial charge in [-0.1, -0.05) is 0 Å². The van der Waals surface area contributed by atoms with Gasteiger partial charge in [-0.2, -0.15) is 5.10 Å². The summed E-state index contributed by atoms with van der Waals surface area (Å²) in [5.74, 6) is -0.640. The van der Waals surface area contributed by atoms with Crippen LogP contribution < -0.4 is 16.8 Å². The quantitative estimate of drug-likeness (QED) is 0.351.